The van der Waals surface area contributed by atoms with E-state index in [0.717, 1.165) is 9.13 Å². The van der Waals surface area contributed by atoms with E-state index in [1.165, 1.54) is 27.3 Å². The number of methoxy groups -OCH3 is 1. The zero-order chi connectivity index (χ0) is 35.9. The Morgan fingerprint density at radius 3 is 2.44 bits per heavy atom. The molecule has 262 valence electrons. The first kappa shape index (κ1) is 35.3. The first-order valence-corrected chi connectivity index (χ1v) is 16.0. The fourth-order valence-corrected chi connectivity index (χ4v) is 6.33. The third-order valence-corrected chi connectivity index (χ3v) is 9.24. The molecule has 1 aliphatic heterocycles. The van der Waals surface area contributed by atoms with Gasteiger partial charge in [-0.3, -0.25) is 18.9 Å². The molecule has 2 atom stereocenters. The third kappa shape index (κ3) is 6.66. The number of hydrogen-bond donors (Lipinski definition) is 3. The maximum atomic E-state index is 13.9. The summed E-state index contributed by atoms with van der Waals surface area (Å²) in [5.41, 5.74) is -0.774. The summed E-state index contributed by atoms with van der Waals surface area (Å²) in [7, 11) is 3.95. The number of anilines is 2. The number of rotatable bonds is 8. The van der Waals surface area contributed by atoms with E-state index in [4.69, 9.17) is 32.7 Å². The highest BCUT2D eigenvalue weighted by atomic mass is 35.5. The molecule has 0 aliphatic carbocycles. The topological polar surface area (TPSA) is 145 Å². The first-order chi connectivity index (χ1) is 23.8. The molecule has 6 rings (SSSR count). The summed E-state index contributed by atoms with van der Waals surface area (Å²) in [6, 6.07) is 10.5. The summed E-state index contributed by atoms with van der Waals surface area (Å²) in [6.45, 7) is 1.08. The molecule has 0 radical (unpaired) electrons. The van der Waals surface area contributed by atoms with Gasteiger partial charge in [-0.2, -0.15) is 13.2 Å². The molecule has 1 aliphatic rings. The van der Waals surface area contributed by atoms with Gasteiger partial charge in [-0.1, -0.05) is 53.5 Å². The van der Waals surface area contributed by atoms with Crippen molar-refractivity contribution in [1.29, 1.82) is 0 Å². The largest absolute Gasteiger partial charge is 0.480 e. The van der Waals surface area contributed by atoms with Crippen molar-refractivity contribution in [2.24, 2.45) is 14.1 Å². The molecule has 0 bridgehead atoms. The molecule has 1 fully saturated rings. The van der Waals surface area contributed by atoms with Gasteiger partial charge < -0.3 is 25.2 Å². The molecule has 0 saturated carbocycles. The first-order valence-electron chi connectivity index (χ1n) is 15.2. The zero-order valence-corrected chi connectivity index (χ0v) is 28.3. The number of alkyl halides is 3. The van der Waals surface area contributed by atoms with Crippen LogP contribution in [0.1, 0.15) is 17.8 Å². The molecule has 12 nitrogen and oxygen atoms in total. The second-order valence-electron chi connectivity index (χ2n) is 11.5. The number of benzene rings is 2. The van der Waals surface area contributed by atoms with Gasteiger partial charge in [0.2, 0.25) is 5.88 Å². The van der Waals surface area contributed by atoms with Gasteiger partial charge in [-0.15, -0.1) is 0 Å². The number of ether oxygens (including phenoxy) is 2. The fourth-order valence-electron chi connectivity index (χ4n) is 5.73. The smallest absolute Gasteiger partial charge is 0.433 e. The van der Waals surface area contributed by atoms with E-state index in [1.54, 1.807) is 36.5 Å². The normalized spacial score (nSPS) is 16.5. The average Bonchev–Trinajstić information content (AvgIpc) is 3.10. The van der Waals surface area contributed by atoms with Gasteiger partial charge in [-0.25, -0.2) is 14.8 Å². The molecule has 2 unspecified atom stereocenters. The van der Waals surface area contributed by atoms with Crippen LogP contribution in [-0.2, 0) is 31.6 Å². The van der Waals surface area contributed by atoms with Crippen molar-refractivity contribution >= 4 is 45.6 Å². The van der Waals surface area contributed by atoms with Crippen molar-refractivity contribution in [3.63, 3.8) is 0 Å². The van der Waals surface area contributed by atoms with Crippen molar-refractivity contribution < 1.29 is 27.8 Å². The lowest BCUT2D eigenvalue weighted by molar-refractivity contribution is -0.141. The van der Waals surface area contributed by atoms with Gasteiger partial charge in [0.15, 0.2) is 0 Å². The minimum absolute atomic E-state index is 0.0703. The van der Waals surface area contributed by atoms with Crippen LogP contribution in [0.15, 0.2) is 58.3 Å². The van der Waals surface area contributed by atoms with Crippen LogP contribution in [0.3, 0.4) is 0 Å². The van der Waals surface area contributed by atoms with Crippen molar-refractivity contribution in [3.05, 3.63) is 90.9 Å². The highest BCUT2D eigenvalue weighted by molar-refractivity contribution is 6.39. The van der Waals surface area contributed by atoms with Crippen molar-refractivity contribution in [3.8, 4) is 28.3 Å². The summed E-state index contributed by atoms with van der Waals surface area (Å²) in [4.78, 5) is 38.6. The minimum atomic E-state index is -4.88. The van der Waals surface area contributed by atoms with Gasteiger partial charge in [0, 0.05) is 50.0 Å². The number of fused-ring (bicyclic) bond motifs is 1. The van der Waals surface area contributed by atoms with Crippen LogP contribution in [0.25, 0.3) is 33.3 Å². The number of pyridine rings is 1. The average molecular weight is 733 g/mol. The Hall–Kier alpha value is -4.54. The Bertz CT molecular complexity index is 2230. The molecule has 2 aromatic carbocycles. The number of aliphatic hydroxyl groups excluding tert-OH is 1. The lowest BCUT2D eigenvalue weighted by Gasteiger charge is -2.28. The molecule has 50 heavy (non-hydrogen) atoms. The number of nitrogens with zero attached hydrogens (tertiary/aromatic N) is 5. The number of aliphatic hydroxyl groups is 1. The highest BCUT2D eigenvalue weighted by Crippen LogP contribution is 2.42. The molecule has 0 amide bonds. The standard InChI is InChI=1S/C33H30Cl2F3N7O5/c1-44-23-12-25(33(36,37)38)43-29(26(23)31(47)45(2)32(44)48)41-20-9-5-7-17(28(20)35)16-6-4-8-18(27(16)34)21-13-40-22(30(42-21)49-3)14-39-19-10-11-50-15-24(19)46/h4-9,12-13,19,24,39,46H,10-11,14-15H2,1-3H3,(H,41,43). The van der Waals surface area contributed by atoms with Gasteiger partial charge in [-0.05, 0) is 18.6 Å². The van der Waals surface area contributed by atoms with Crippen LogP contribution in [-0.4, -0.2) is 61.7 Å². The Kier molecular flexibility index (Phi) is 9.88. The number of hydrogen-bond acceptors (Lipinski definition) is 10. The van der Waals surface area contributed by atoms with Gasteiger partial charge in [0.05, 0.1) is 53.0 Å². The number of halogens is 5. The Morgan fingerprint density at radius 2 is 1.74 bits per heavy atom. The molecular weight excluding hydrogens is 702 g/mol. The van der Waals surface area contributed by atoms with Crippen LogP contribution in [0.4, 0.5) is 24.7 Å². The van der Waals surface area contributed by atoms with Gasteiger partial charge in [0.25, 0.3) is 5.56 Å². The number of aromatic nitrogens is 5. The summed E-state index contributed by atoms with van der Waals surface area (Å²) in [5, 5.41) is 16.4. The van der Waals surface area contributed by atoms with E-state index < -0.39 is 35.0 Å². The molecule has 4 heterocycles. The predicted octanol–water partition coefficient (Wildman–Crippen LogP) is 5.07. The van der Waals surface area contributed by atoms with E-state index in [0.29, 0.717) is 53.7 Å². The maximum Gasteiger partial charge on any atom is 0.433 e. The van der Waals surface area contributed by atoms with Crippen LogP contribution in [0.5, 0.6) is 5.88 Å². The lowest BCUT2D eigenvalue weighted by atomic mass is 10.0. The number of aryl methyl sites for hydroxylation is 1. The molecular formula is C33H30Cl2F3N7O5. The zero-order valence-electron chi connectivity index (χ0n) is 26.8. The maximum absolute atomic E-state index is 13.9. The van der Waals surface area contributed by atoms with Crippen LogP contribution in [0, 0.1) is 0 Å². The summed E-state index contributed by atoms with van der Waals surface area (Å²) < 4.78 is 54.2. The summed E-state index contributed by atoms with van der Waals surface area (Å²) in [6.07, 6.45) is -3.34. The second kappa shape index (κ2) is 14.0. The van der Waals surface area contributed by atoms with Crippen molar-refractivity contribution in [2.45, 2.75) is 31.3 Å². The number of nitrogens with one attached hydrogen (secondary N) is 2. The van der Waals surface area contributed by atoms with E-state index in [1.807, 2.05) is 0 Å². The highest BCUT2D eigenvalue weighted by Gasteiger charge is 2.34. The lowest BCUT2D eigenvalue weighted by Crippen LogP contribution is -2.46. The van der Waals surface area contributed by atoms with Crippen LogP contribution in [0.2, 0.25) is 10.0 Å². The predicted molar refractivity (Wildman–Crippen MR) is 182 cm³/mol. The van der Waals surface area contributed by atoms with Crippen LogP contribution >= 0.6 is 23.2 Å². The van der Waals surface area contributed by atoms with Gasteiger partial charge in [0.1, 0.15) is 22.6 Å². The minimum Gasteiger partial charge on any atom is -0.480 e. The quantitative estimate of drug-likeness (QED) is 0.198. The van der Waals surface area contributed by atoms with E-state index in [9.17, 15) is 27.9 Å². The van der Waals surface area contributed by atoms with Crippen molar-refractivity contribution in [1.82, 2.24) is 29.4 Å². The third-order valence-electron chi connectivity index (χ3n) is 8.42. The molecule has 3 aromatic heterocycles. The molecule has 1 saturated heterocycles. The Labute approximate surface area is 292 Å². The van der Waals surface area contributed by atoms with E-state index in [-0.39, 0.29) is 45.2 Å². The van der Waals surface area contributed by atoms with E-state index in [2.05, 4.69) is 25.6 Å². The Morgan fingerprint density at radius 1 is 1.04 bits per heavy atom. The Balaban J connectivity index is 1.36. The molecule has 0 spiro atoms. The molecule has 5 aromatic rings. The van der Waals surface area contributed by atoms with Crippen molar-refractivity contribution in [2.75, 3.05) is 25.6 Å². The second-order valence-corrected chi connectivity index (χ2v) is 12.3. The molecule has 17 heteroatoms. The SMILES string of the molecule is COc1nc(-c2cccc(-c3cccc(Nc4nc(C(F)(F)F)cc5c4c(=O)n(C)c(=O)n5C)c3Cl)c2Cl)cnc1CNC1CCOCC1O. The monoisotopic (exact) mass is 731 g/mol. The summed E-state index contributed by atoms with van der Waals surface area (Å²) >= 11 is 13.8. The van der Waals surface area contributed by atoms with E-state index >= 15 is 0 Å². The van der Waals surface area contributed by atoms with Crippen LogP contribution < -0.4 is 26.6 Å². The van der Waals surface area contributed by atoms with Gasteiger partial charge >= 0.3 is 11.9 Å². The molecule has 3 N–H and O–H groups in total. The fraction of sp³-hybridized carbons (Fsp3) is 0.303. The summed E-state index contributed by atoms with van der Waals surface area (Å²) in [5.74, 6) is -0.181.